The summed E-state index contributed by atoms with van der Waals surface area (Å²) in [6.07, 6.45) is 6.06. The number of rotatable bonds is 7. The van der Waals surface area contributed by atoms with Crippen molar-refractivity contribution in [2.24, 2.45) is 0 Å². The molecule has 0 unspecified atom stereocenters. The molecule has 1 heteroatoms. The third-order valence-corrected chi connectivity index (χ3v) is 4.65. The molecule has 0 aromatic heterocycles. The van der Waals surface area contributed by atoms with Crippen LogP contribution in [0.25, 0.3) is 0 Å². The molecule has 0 fully saturated rings. The van der Waals surface area contributed by atoms with Crippen LogP contribution in [0.15, 0.2) is 42.5 Å². The van der Waals surface area contributed by atoms with Crippen molar-refractivity contribution in [2.45, 2.75) is 59.7 Å². The average Bonchev–Trinajstić information content (AvgIpc) is 2.56. The Kier molecular flexibility index (Phi) is 6.30. The molecule has 0 amide bonds. The summed E-state index contributed by atoms with van der Waals surface area (Å²) in [5, 5.41) is 0. The highest BCUT2D eigenvalue weighted by Gasteiger charge is 2.23. The van der Waals surface area contributed by atoms with Crippen molar-refractivity contribution < 1.29 is 0 Å². The Balaban J connectivity index is 2.55. The molecular formula is C21H29B. The lowest BCUT2D eigenvalue weighted by Gasteiger charge is -2.22. The van der Waals surface area contributed by atoms with Crippen LogP contribution in [0.5, 0.6) is 0 Å². The van der Waals surface area contributed by atoms with Gasteiger partial charge in [-0.1, -0.05) is 110 Å². The molecule has 0 radical (unpaired) electrons. The van der Waals surface area contributed by atoms with Gasteiger partial charge in [0.05, 0.1) is 0 Å². The lowest BCUT2D eigenvalue weighted by Crippen LogP contribution is -2.45. The van der Waals surface area contributed by atoms with Crippen LogP contribution in [0, 0.1) is 6.92 Å². The monoisotopic (exact) mass is 292 g/mol. The van der Waals surface area contributed by atoms with Crippen LogP contribution < -0.4 is 10.9 Å². The summed E-state index contributed by atoms with van der Waals surface area (Å²) < 4.78 is 0. The van der Waals surface area contributed by atoms with E-state index in [-0.39, 0.29) is 0 Å². The standard InChI is InChI=1S/C21H29B/c1-5-8-14-22(20-12-10-9-11-13-20)21-18(6-2)15-17(4)16-19(21)7-3/h9-13,15-16H,5-8,14H2,1-4H3. The zero-order valence-electron chi connectivity index (χ0n) is 14.7. The largest absolute Gasteiger partial charge is 0.210 e. The average molecular weight is 292 g/mol. The minimum atomic E-state index is 0.548. The molecule has 0 N–H and O–H groups in total. The Hall–Kier alpha value is -1.50. The molecule has 0 aliphatic carbocycles. The quantitative estimate of drug-likeness (QED) is 0.658. The Morgan fingerprint density at radius 1 is 0.864 bits per heavy atom. The van der Waals surface area contributed by atoms with Crippen molar-refractivity contribution in [3.63, 3.8) is 0 Å². The molecule has 0 saturated heterocycles. The zero-order valence-corrected chi connectivity index (χ0v) is 14.7. The summed E-state index contributed by atoms with van der Waals surface area (Å²) in [4.78, 5) is 0. The number of unbranched alkanes of at least 4 members (excludes halogenated alkanes) is 1. The van der Waals surface area contributed by atoms with Crippen LogP contribution in [-0.4, -0.2) is 6.71 Å². The van der Waals surface area contributed by atoms with E-state index in [1.165, 1.54) is 30.2 Å². The third-order valence-electron chi connectivity index (χ3n) is 4.65. The minimum absolute atomic E-state index is 0.548. The van der Waals surface area contributed by atoms with Gasteiger partial charge >= 0.3 is 0 Å². The molecule has 0 atom stereocenters. The minimum Gasteiger partial charge on any atom is -0.0742 e. The lowest BCUT2D eigenvalue weighted by atomic mass is 9.36. The molecule has 2 aromatic rings. The zero-order chi connectivity index (χ0) is 15.9. The summed E-state index contributed by atoms with van der Waals surface area (Å²) in [6, 6.07) is 15.9. The molecule has 0 aliphatic rings. The van der Waals surface area contributed by atoms with Crippen LogP contribution in [0.4, 0.5) is 0 Å². The van der Waals surface area contributed by atoms with E-state index in [1.807, 2.05) is 0 Å². The number of aryl methyl sites for hydroxylation is 3. The van der Waals surface area contributed by atoms with Gasteiger partial charge in [-0.05, 0) is 19.8 Å². The Morgan fingerprint density at radius 3 is 1.95 bits per heavy atom. The fourth-order valence-electron chi connectivity index (χ4n) is 3.56. The van der Waals surface area contributed by atoms with Gasteiger partial charge in [0, 0.05) is 0 Å². The van der Waals surface area contributed by atoms with Crippen molar-refractivity contribution in [3.05, 3.63) is 59.2 Å². The SMILES string of the molecule is CCCCB(c1ccccc1)c1c(CC)cc(C)cc1CC. The Labute approximate surface area is 137 Å². The second kappa shape index (κ2) is 8.22. The highest BCUT2D eigenvalue weighted by Crippen LogP contribution is 2.14. The molecule has 0 nitrogen and oxygen atoms in total. The van der Waals surface area contributed by atoms with Crippen molar-refractivity contribution in [1.82, 2.24) is 0 Å². The summed E-state index contributed by atoms with van der Waals surface area (Å²) in [5.74, 6) is 0. The van der Waals surface area contributed by atoms with Crippen LogP contribution in [-0.2, 0) is 12.8 Å². The predicted octanol–water partition coefficient (Wildman–Crippen LogP) is 4.53. The summed E-state index contributed by atoms with van der Waals surface area (Å²) in [6.45, 7) is 9.65. The maximum absolute atomic E-state index is 2.40. The first-order valence-electron chi connectivity index (χ1n) is 8.88. The number of benzene rings is 2. The normalized spacial score (nSPS) is 10.7. The van der Waals surface area contributed by atoms with Crippen LogP contribution in [0.1, 0.15) is 50.3 Å². The molecule has 0 heterocycles. The predicted molar refractivity (Wildman–Crippen MR) is 101 cm³/mol. The highest BCUT2D eigenvalue weighted by atomic mass is 14.1. The first kappa shape index (κ1) is 16.9. The molecular weight excluding hydrogens is 263 g/mol. The van der Waals surface area contributed by atoms with Gasteiger partial charge in [-0.3, -0.25) is 0 Å². The molecule has 2 aromatic carbocycles. The van der Waals surface area contributed by atoms with Crippen LogP contribution >= 0.6 is 0 Å². The van der Waals surface area contributed by atoms with Gasteiger partial charge in [0.1, 0.15) is 0 Å². The van der Waals surface area contributed by atoms with Gasteiger partial charge in [0.2, 0.25) is 6.71 Å². The van der Waals surface area contributed by atoms with E-state index >= 15 is 0 Å². The fraction of sp³-hybridized carbons (Fsp3) is 0.429. The Morgan fingerprint density at radius 2 is 1.45 bits per heavy atom. The Bertz CT molecular complexity index is 561. The van der Waals surface area contributed by atoms with Crippen molar-refractivity contribution >= 4 is 17.6 Å². The van der Waals surface area contributed by atoms with Gasteiger partial charge in [0.25, 0.3) is 0 Å². The highest BCUT2D eigenvalue weighted by molar-refractivity contribution is 6.85. The molecule has 116 valence electrons. The molecule has 0 saturated carbocycles. The topological polar surface area (TPSA) is 0 Å². The maximum atomic E-state index is 2.40. The van der Waals surface area contributed by atoms with Gasteiger partial charge < -0.3 is 0 Å². The summed E-state index contributed by atoms with van der Waals surface area (Å²) in [7, 11) is 0. The van der Waals surface area contributed by atoms with E-state index in [9.17, 15) is 0 Å². The summed E-state index contributed by atoms with van der Waals surface area (Å²) in [5.41, 5.74) is 7.57. The maximum Gasteiger partial charge on any atom is 0.210 e. The second-order valence-electron chi connectivity index (χ2n) is 6.31. The van der Waals surface area contributed by atoms with Gasteiger partial charge in [-0.2, -0.15) is 0 Å². The van der Waals surface area contributed by atoms with E-state index in [1.54, 1.807) is 16.6 Å². The van der Waals surface area contributed by atoms with Gasteiger partial charge in [-0.15, -0.1) is 0 Å². The first-order valence-corrected chi connectivity index (χ1v) is 8.88. The van der Waals surface area contributed by atoms with E-state index in [2.05, 4.69) is 70.2 Å². The van der Waals surface area contributed by atoms with Gasteiger partial charge in [0.15, 0.2) is 0 Å². The number of hydrogen-bond donors (Lipinski definition) is 0. The van der Waals surface area contributed by atoms with E-state index in [0.717, 1.165) is 12.8 Å². The van der Waals surface area contributed by atoms with Gasteiger partial charge in [-0.25, -0.2) is 0 Å². The molecule has 0 bridgehead atoms. The van der Waals surface area contributed by atoms with E-state index in [4.69, 9.17) is 0 Å². The van der Waals surface area contributed by atoms with Crippen molar-refractivity contribution in [1.29, 1.82) is 0 Å². The van der Waals surface area contributed by atoms with Crippen molar-refractivity contribution in [3.8, 4) is 0 Å². The smallest absolute Gasteiger partial charge is 0.0742 e. The molecule has 0 spiro atoms. The molecule has 22 heavy (non-hydrogen) atoms. The number of hydrogen-bond acceptors (Lipinski definition) is 0. The first-order chi connectivity index (χ1) is 10.7. The van der Waals surface area contributed by atoms with E-state index in [0.29, 0.717) is 6.71 Å². The molecule has 2 rings (SSSR count). The molecule has 0 aliphatic heterocycles. The van der Waals surface area contributed by atoms with Crippen LogP contribution in [0.3, 0.4) is 0 Å². The summed E-state index contributed by atoms with van der Waals surface area (Å²) >= 11 is 0. The van der Waals surface area contributed by atoms with Crippen LogP contribution in [0.2, 0.25) is 6.32 Å². The third kappa shape index (κ3) is 3.82. The second-order valence-corrected chi connectivity index (χ2v) is 6.31. The van der Waals surface area contributed by atoms with E-state index < -0.39 is 0 Å². The van der Waals surface area contributed by atoms with Crippen molar-refractivity contribution in [2.75, 3.05) is 0 Å². The fourth-order valence-corrected chi connectivity index (χ4v) is 3.56. The lowest BCUT2D eigenvalue weighted by molar-refractivity contribution is 0.877.